The quantitative estimate of drug-likeness (QED) is 0.873. The zero-order valence-electron chi connectivity index (χ0n) is 10.5. The summed E-state index contributed by atoms with van der Waals surface area (Å²) in [6.07, 6.45) is 4.92. The summed E-state index contributed by atoms with van der Waals surface area (Å²) in [5.74, 6) is -0.563. The Balaban J connectivity index is 2.15. The average Bonchev–Trinajstić information content (AvgIpc) is 2.36. The second-order valence-electron chi connectivity index (χ2n) is 5.28. The van der Waals surface area contributed by atoms with Crippen LogP contribution in [-0.4, -0.2) is 17.1 Å². The van der Waals surface area contributed by atoms with Gasteiger partial charge >= 0.3 is 0 Å². The van der Waals surface area contributed by atoms with E-state index >= 15 is 0 Å². The van der Waals surface area contributed by atoms with E-state index in [-0.39, 0.29) is 11.4 Å². The summed E-state index contributed by atoms with van der Waals surface area (Å²) in [6, 6.07) is 0.838. The van der Waals surface area contributed by atoms with Crippen molar-refractivity contribution in [3.63, 3.8) is 0 Å². The Morgan fingerprint density at radius 2 is 2.11 bits per heavy atom. The van der Waals surface area contributed by atoms with Crippen LogP contribution in [0.4, 0.5) is 14.6 Å². The number of rotatable bonds is 3. The predicted molar refractivity (Wildman–Crippen MR) is 67.2 cm³/mol. The fourth-order valence-electron chi connectivity index (χ4n) is 2.45. The largest absolute Gasteiger partial charge is 0.361 e. The van der Waals surface area contributed by atoms with Gasteiger partial charge in [0.05, 0.1) is 11.7 Å². The van der Waals surface area contributed by atoms with Gasteiger partial charge in [-0.1, -0.05) is 6.92 Å². The van der Waals surface area contributed by atoms with Gasteiger partial charge in [-0.2, -0.15) is 0 Å². The van der Waals surface area contributed by atoms with E-state index < -0.39 is 11.6 Å². The molecule has 1 aliphatic carbocycles. The van der Waals surface area contributed by atoms with E-state index in [1.165, 1.54) is 0 Å². The molecule has 1 aromatic heterocycles. The van der Waals surface area contributed by atoms with Crippen LogP contribution in [0.3, 0.4) is 0 Å². The van der Waals surface area contributed by atoms with Gasteiger partial charge in [0.1, 0.15) is 5.82 Å². The van der Waals surface area contributed by atoms with Crippen molar-refractivity contribution in [2.45, 2.75) is 38.1 Å². The van der Waals surface area contributed by atoms with Crippen molar-refractivity contribution in [2.75, 3.05) is 11.9 Å². The van der Waals surface area contributed by atoms with E-state index in [0.717, 1.165) is 37.9 Å². The molecule has 0 saturated heterocycles. The molecule has 0 bridgehead atoms. The minimum Gasteiger partial charge on any atom is -0.361 e. The fourth-order valence-corrected chi connectivity index (χ4v) is 2.45. The first kappa shape index (κ1) is 13.2. The lowest BCUT2D eigenvalue weighted by atomic mass is 9.77. The molecule has 1 fully saturated rings. The molecule has 3 nitrogen and oxygen atoms in total. The molecular weight excluding hydrogens is 236 g/mol. The van der Waals surface area contributed by atoms with Crippen molar-refractivity contribution in [2.24, 2.45) is 11.7 Å². The maximum Gasteiger partial charge on any atom is 0.168 e. The number of pyridine rings is 1. The first-order valence-electron chi connectivity index (χ1n) is 6.34. The molecule has 0 radical (unpaired) electrons. The summed E-state index contributed by atoms with van der Waals surface area (Å²) in [6.45, 7) is 2.63. The topological polar surface area (TPSA) is 50.9 Å². The number of hydrogen-bond donors (Lipinski definition) is 2. The van der Waals surface area contributed by atoms with Crippen LogP contribution in [0.5, 0.6) is 0 Å². The van der Waals surface area contributed by atoms with Crippen LogP contribution in [0, 0.1) is 17.6 Å². The molecule has 0 amide bonds. The van der Waals surface area contributed by atoms with Gasteiger partial charge < -0.3 is 11.1 Å². The number of nitrogens with one attached hydrogen (secondary N) is 1. The van der Waals surface area contributed by atoms with Gasteiger partial charge in [0, 0.05) is 12.6 Å². The fraction of sp³-hybridized carbons (Fsp3) is 0.615. The Kier molecular flexibility index (Phi) is 3.80. The highest BCUT2D eigenvalue weighted by Crippen LogP contribution is 2.34. The standard InChI is InChI=1S/C13H19F2N3/c1-9-2-4-13(8-16,5-3-9)18-12-11(15)6-10(14)7-17-12/h6-7,9H,2-5,8,16H2,1H3,(H,17,18). The summed E-state index contributed by atoms with van der Waals surface area (Å²) in [5.41, 5.74) is 5.52. The molecule has 0 aliphatic heterocycles. The molecule has 0 aromatic carbocycles. The van der Waals surface area contributed by atoms with Gasteiger partial charge in [-0.3, -0.25) is 0 Å². The van der Waals surface area contributed by atoms with Gasteiger partial charge in [0.15, 0.2) is 11.6 Å². The van der Waals surface area contributed by atoms with Crippen LogP contribution in [-0.2, 0) is 0 Å². The minimum absolute atomic E-state index is 0.0939. The number of anilines is 1. The molecule has 1 aliphatic rings. The van der Waals surface area contributed by atoms with Crippen LogP contribution >= 0.6 is 0 Å². The third kappa shape index (κ3) is 2.77. The third-order valence-corrected chi connectivity index (χ3v) is 3.81. The molecule has 0 unspecified atom stereocenters. The molecule has 1 aromatic rings. The van der Waals surface area contributed by atoms with Crippen LogP contribution in [0.25, 0.3) is 0 Å². The van der Waals surface area contributed by atoms with Crippen molar-refractivity contribution in [3.8, 4) is 0 Å². The van der Waals surface area contributed by atoms with E-state index in [1.54, 1.807) is 0 Å². The van der Waals surface area contributed by atoms with Gasteiger partial charge in [-0.05, 0) is 31.6 Å². The molecular formula is C13H19F2N3. The molecule has 1 saturated carbocycles. The zero-order chi connectivity index (χ0) is 13.2. The van der Waals surface area contributed by atoms with Crippen molar-refractivity contribution in [1.29, 1.82) is 0 Å². The lowest BCUT2D eigenvalue weighted by Gasteiger charge is -2.39. The second kappa shape index (κ2) is 5.18. The van der Waals surface area contributed by atoms with E-state index in [2.05, 4.69) is 17.2 Å². The molecule has 3 N–H and O–H groups in total. The van der Waals surface area contributed by atoms with Gasteiger partial charge in [0.2, 0.25) is 0 Å². The zero-order valence-corrected chi connectivity index (χ0v) is 10.5. The molecule has 100 valence electrons. The van der Waals surface area contributed by atoms with E-state index in [0.29, 0.717) is 12.5 Å². The van der Waals surface area contributed by atoms with Crippen LogP contribution in [0.1, 0.15) is 32.6 Å². The average molecular weight is 255 g/mol. The Labute approximate surface area is 106 Å². The number of nitrogens with zero attached hydrogens (tertiary/aromatic N) is 1. The molecule has 18 heavy (non-hydrogen) atoms. The minimum atomic E-state index is -0.669. The number of hydrogen-bond acceptors (Lipinski definition) is 3. The molecule has 5 heteroatoms. The smallest absolute Gasteiger partial charge is 0.168 e. The predicted octanol–water partition coefficient (Wildman–Crippen LogP) is 2.68. The number of aromatic nitrogens is 1. The summed E-state index contributed by atoms with van der Waals surface area (Å²) in [7, 11) is 0. The lowest BCUT2D eigenvalue weighted by Crippen LogP contribution is -2.48. The maximum absolute atomic E-state index is 13.6. The molecule has 0 atom stereocenters. The van der Waals surface area contributed by atoms with Crippen molar-refractivity contribution < 1.29 is 8.78 Å². The highest BCUT2D eigenvalue weighted by atomic mass is 19.1. The van der Waals surface area contributed by atoms with Crippen molar-refractivity contribution in [1.82, 2.24) is 4.98 Å². The Morgan fingerprint density at radius 1 is 1.44 bits per heavy atom. The van der Waals surface area contributed by atoms with Crippen molar-refractivity contribution in [3.05, 3.63) is 23.9 Å². The summed E-state index contributed by atoms with van der Waals surface area (Å²) < 4.78 is 26.4. The Morgan fingerprint density at radius 3 is 2.67 bits per heavy atom. The van der Waals surface area contributed by atoms with Crippen molar-refractivity contribution >= 4 is 5.82 Å². The summed E-state index contributed by atoms with van der Waals surface area (Å²) in [5, 5.41) is 3.08. The normalized spacial score (nSPS) is 28.1. The first-order chi connectivity index (χ1) is 8.54. The second-order valence-corrected chi connectivity index (χ2v) is 5.28. The highest BCUT2D eigenvalue weighted by molar-refractivity contribution is 5.39. The highest BCUT2D eigenvalue weighted by Gasteiger charge is 2.33. The molecule has 0 spiro atoms. The number of halogens is 2. The Bertz CT molecular complexity index is 415. The van der Waals surface area contributed by atoms with Crippen LogP contribution < -0.4 is 11.1 Å². The Hall–Kier alpha value is -1.23. The lowest BCUT2D eigenvalue weighted by molar-refractivity contribution is 0.270. The molecule has 2 rings (SSSR count). The third-order valence-electron chi connectivity index (χ3n) is 3.81. The maximum atomic E-state index is 13.6. The van der Waals surface area contributed by atoms with Gasteiger partial charge in [-0.15, -0.1) is 0 Å². The van der Waals surface area contributed by atoms with Gasteiger partial charge in [0.25, 0.3) is 0 Å². The SMILES string of the molecule is CC1CCC(CN)(Nc2ncc(F)cc2F)CC1. The molecule has 1 heterocycles. The monoisotopic (exact) mass is 255 g/mol. The van der Waals surface area contributed by atoms with Crippen LogP contribution in [0.15, 0.2) is 12.3 Å². The van der Waals surface area contributed by atoms with E-state index in [1.807, 2.05) is 0 Å². The van der Waals surface area contributed by atoms with Crippen LogP contribution in [0.2, 0.25) is 0 Å². The number of nitrogens with two attached hydrogens (primary N) is 1. The first-order valence-corrected chi connectivity index (χ1v) is 6.34. The van der Waals surface area contributed by atoms with E-state index in [9.17, 15) is 8.78 Å². The summed E-state index contributed by atoms with van der Waals surface area (Å²) >= 11 is 0. The summed E-state index contributed by atoms with van der Waals surface area (Å²) in [4.78, 5) is 3.77. The van der Waals surface area contributed by atoms with Gasteiger partial charge in [-0.25, -0.2) is 13.8 Å². The van der Waals surface area contributed by atoms with E-state index in [4.69, 9.17) is 5.73 Å².